The molecular weight excluding hydrogens is 192 g/mol. The topological polar surface area (TPSA) is 38.7 Å². The molecular formula is C12H22O3. The van der Waals surface area contributed by atoms with E-state index in [1.165, 1.54) is 0 Å². The molecule has 0 aliphatic heterocycles. The summed E-state index contributed by atoms with van der Waals surface area (Å²) in [5.74, 6) is 2.39. The Morgan fingerprint density at radius 1 is 1.20 bits per heavy atom. The first-order valence-electron chi connectivity index (χ1n) is 5.14. The molecule has 0 amide bonds. The Hall–Kier alpha value is -0.560. The van der Waals surface area contributed by atoms with E-state index in [9.17, 15) is 5.11 Å². The molecule has 0 fully saturated rings. The molecule has 0 spiro atoms. The standard InChI is InChI=1S/C12H22O3/c1-6-7-14-8-9-15-12(4,5)10-11(2,3)13/h1,13H,7-10H2,2-5H3. The predicted octanol–water partition coefficient (Wildman–Crippen LogP) is 1.59. The third-order valence-electron chi connectivity index (χ3n) is 1.76. The minimum atomic E-state index is -0.719. The second-order valence-corrected chi connectivity index (χ2v) is 4.85. The number of ether oxygens (including phenoxy) is 2. The van der Waals surface area contributed by atoms with Crippen LogP contribution in [-0.4, -0.2) is 36.1 Å². The Bertz CT molecular complexity index is 208. The second-order valence-electron chi connectivity index (χ2n) is 4.85. The van der Waals surface area contributed by atoms with Crippen molar-refractivity contribution in [1.29, 1.82) is 0 Å². The van der Waals surface area contributed by atoms with Crippen molar-refractivity contribution in [3.05, 3.63) is 0 Å². The van der Waals surface area contributed by atoms with Crippen LogP contribution in [0.4, 0.5) is 0 Å². The van der Waals surface area contributed by atoms with Gasteiger partial charge in [0.15, 0.2) is 0 Å². The number of rotatable bonds is 7. The van der Waals surface area contributed by atoms with Crippen molar-refractivity contribution in [2.24, 2.45) is 0 Å². The van der Waals surface area contributed by atoms with Crippen LogP contribution in [0.2, 0.25) is 0 Å². The van der Waals surface area contributed by atoms with Crippen LogP contribution >= 0.6 is 0 Å². The third kappa shape index (κ3) is 9.74. The second kappa shape index (κ2) is 6.12. The summed E-state index contributed by atoms with van der Waals surface area (Å²) >= 11 is 0. The maximum absolute atomic E-state index is 9.66. The lowest BCUT2D eigenvalue weighted by molar-refractivity contribution is -0.0853. The maximum atomic E-state index is 9.66. The molecule has 0 heterocycles. The van der Waals surface area contributed by atoms with Gasteiger partial charge in [0.1, 0.15) is 6.61 Å². The van der Waals surface area contributed by atoms with Crippen molar-refractivity contribution < 1.29 is 14.6 Å². The fourth-order valence-electron chi connectivity index (χ4n) is 1.60. The van der Waals surface area contributed by atoms with Crippen LogP contribution in [0, 0.1) is 12.3 Å². The van der Waals surface area contributed by atoms with Crippen molar-refractivity contribution in [1.82, 2.24) is 0 Å². The normalized spacial score (nSPS) is 12.5. The summed E-state index contributed by atoms with van der Waals surface area (Å²) in [6.07, 6.45) is 5.61. The number of hydrogen-bond donors (Lipinski definition) is 1. The van der Waals surface area contributed by atoms with E-state index in [1.54, 1.807) is 13.8 Å². The largest absolute Gasteiger partial charge is 0.390 e. The zero-order valence-electron chi connectivity index (χ0n) is 10.2. The van der Waals surface area contributed by atoms with Crippen molar-refractivity contribution in [3.63, 3.8) is 0 Å². The highest BCUT2D eigenvalue weighted by molar-refractivity contribution is 4.83. The summed E-state index contributed by atoms with van der Waals surface area (Å²) in [7, 11) is 0. The molecule has 0 bridgehead atoms. The first-order valence-corrected chi connectivity index (χ1v) is 5.14. The van der Waals surface area contributed by atoms with E-state index in [1.807, 2.05) is 13.8 Å². The minimum Gasteiger partial charge on any atom is -0.390 e. The van der Waals surface area contributed by atoms with E-state index in [0.717, 1.165) is 0 Å². The molecule has 0 aliphatic rings. The summed E-state index contributed by atoms with van der Waals surface area (Å²) in [6, 6.07) is 0. The monoisotopic (exact) mass is 214 g/mol. The Labute approximate surface area is 92.8 Å². The molecule has 0 saturated heterocycles. The van der Waals surface area contributed by atoms with E-state index < -0.39 is 5.60 Å². The van der Waals surface area contributed by atoms with Crippen molar-refractivity contribution >= 4 is 0 Å². The van der Waals surface area contributed by atoms with Gasteiger partial charge in [0.05, 0.1) is 24.4 Å². The Balaban J connectivity index is 3.71. The molecule has 0 radical (unpaired) electrons. The average Bonchev–Trinajstić information content (AvgIpc) is 1.99. The van der Waals surface area contributed by atoms with Crippen molar-refractivity contribution in [2.45, 2.75) is 45.3 Å². The highest BCUT2D eigenvalue weighted by atomic mass is 16.5. The van der Waals surface area contributed by atoms with Gasteiger partial charge in [-0.15, -0.1) is 6.42 Å². The highest BCUT2D eigenvalue weighted by Crippen LogP contribution is 2.22. The smallest absolute Gasteiger partial charge is 0.107 e. The van der Waals surface area contributed by atoms with E-state index in [2.05, 4.69) is 5.92 Å². The van der Waals surface area contributed by atoms with E-state index in [0.29, 0.717) is 26.2 Å². The van der Waals surface area contributed by atoms with Gasteiger partial charge in [-0.2, -0.15) is 0 Å². The zero-order valence-corrected chi connectivity index (χ0v) is 10.2. The van der Waals surface area contributed by atoms with Crippen LogP contribution in [0.5, 0.6) is 0 Å². The van der Waals surface area contributed by atoms with Gasteiger partial charge in [0, 0.05) is 6.42 Å². The third-order valence-corrected chi connectivity index (χ3v) is 1.76. The highest BCUT2D eigenvalue weighted by Gasteiger charge is 2.27. The molecule has 0 aromatic rings. The van der Waals surface area contributed by atoms with Gasteiger partial charge < -0.3 is 14.6 Å². The van der Waals surface area contributed by atoms with E-state index in [4.69, 9.17) is 15.9 Å². The zero-order chi connectivity index (χ0) is 11.9. The van der Waals surface area contributed by atoms with Gasteiger partial charge in [-0.3, -0.25) is 0 Å². The van der Waals surface area contributed by atoms with E-state index in [-0.39, 0.29) is 5.60 Å². The lowest BCUT2D eigenvalue weighted by atomic mass is 9.92. The van der Waals surface area contributed by atoms with Gasteiger partial charge in [0.2, 0.25) is 0 Å². The molecule has 3 heteroatoms. The SMILES string of the molecule is C#CCOCCOC(C)(C)CC(C)(C)O. The summed E-state index contributed by atoms with van der Waals surface area (Å²) in [6.45, 7) is 8.73. The number of terminal acetylenes is 1. The summed E-state index contributed by atoms with van der Waals surface area (Å²) < 4.78 is 10.7. The fourth-order valence-corrected chi connectivity index (χ4v) is 1.60. The predicted molar refractivity (Wildman–Crippen MR) is 60.6 cm³/mol. The van der Waals surface area contributed by atoms with Crippen molar-refractivity contribution in [2.75, 3.05) is 19.8 Å². The molecule has 0 rings (SSSR count). The number of aliphatic hydroxyl groups is 1. The maximum Gasteiger partial charge on any atom is 0.107 e. The van der Waals surface area contributed by atoms with Crippen LogP contribution in [0.3, 0.4) is 0 Å². The van der Waals surface area contributed by atoms with Crippen LogP contribution in [0.15, 0.2) is 0 Å². The Morgan fingerprint density at radius 3 is 2.27 bits per heavy atom. The van der Waals surface area contributed by atoms with Gasteiger partial charge in [-0.25, -0.2) is 0 Å². The molecule has 0 saturated carbocycles. The first kappa shape index (κ1) is 14.4. The van der Waals surface area contributed by atoms with Gasteiger partial charge in [-0.05, 0) is 27.7 Å². The van der Waals surface area contributed by atoms with Crippen LogP contribution in [-0.2, 0) is 9.47 Å². The van der Waals surface area contributed by atoms with Gasteiger partial charge in [0.25, 0.3) is 0 Å². The lowest BCUT2D eigenvalue weighted by Gasteiger charge is -2.31. The summed E-state index contributed by atoms with van der Waals surface area (Å²) in [5.41, 5.74) is -1.07. The molecule has 0 aromatic carbocycles. The molecule has 3 nitrogen and oxygen atoms in total. The lowest BCUT2D eigenvalue weighted by Crippen LogP contribution is -2.36. The van der Waals surface area contributed by atoms with E-state index >= 15 is 0 Å². The Kier molecular flexibility index (Phi) is 5.89. The minimum absolute atomic E-state index is 0.315. The summed E-state index contributed by atoms with van der Waals surface area (Å²) in [5, 5.41) is 9.66. The molecule has 88 valence electrons. The molecule has 15 heavy (non-hydrogen) atoms. The molecule has 0 aliphatic carbocycles. The molecule has 0 aromatic heterocycles. The molecule has 0 atom stereocenters. The summed E-state index contributed by atoms with van der Waals surface area (Å²) in [4.78, 5) is 0. The Morgan fingerprint density at radius 2 is 1.80 bits per heavy atom. The van der Waals surface area contributed by atoms with Crippen molar-refractivity contribution in [3.8, 4) is 12.3 Å². The fraction of sp³-hybridized carbons (Fsp3) is 0.833. The first-order chi connectivity index (χ1) is 6.77. The molecule has 0 unspecified atom stereocenters. The van der Waals surface area contributed by atoms with Gasteiger partial charge in [-0.1, -0.05) is 5.92 Å². The van der Waals surface area contributed by atoms with Crippen LogP contribution < -0.4 is 0 Å². The molecule has 1 N–H and O–H groups in total. The van der Waals surface area contributed by atoms with Gasteiger partial charge >= 0.3 is 0 Å². The number of hydrogen-bond acceptors (Lipinski definition) is 3. The van der Waals surface area contributed by atoms with Crippen LogP contribution in [0.25, 0.3) is 0 Å². The quantitative estimate of drug-likeness (QED) is 0.516. The van der Waals surface area contributed by atoms with Crippen LogP contribution in [0.1, 0.15) is 34.1 Å². The average molecular weight is 214 g/mol.